The average molecular weight is 332 g/mol. The summed E-state index contributed by atoms with van der Waals surface area (Å²) >= 11 is 5.69. The zero-order valence-corrected chi connectivity index (χ0v) is 12.7. The smallest absolute Gasteiger partial charge is 0.350 e. The van der Waals surface area contributed by atoms with Crippen molar-refractivity contribution in [2.45, 2.75) is 19.3 Å². The van der Waals surface area contributed by atoms with Crippen molar-refractivity contribution in [1.82, 2.24) is 4.90 Å². The second-order valence-electron chi connectivity index (χ2n) is 5.67. The van der Waals surface area contributed by atoms with Crippen LogP contribution < -0.4 is 0 Å². The number of carbonyl (C=O) groups is 2. The molecule has 2 unspecified atom stereocenters. The molecule has 1 aliphatic heterocycles. The van der Waals surface area contributed by atoms with E-state index in [1.807, 2.05) is 0 Å². The molecule has 1 fully saturated rings. The fourth-order valence-electron chi connectivity index (χ4n) is 2.70. The number of rotatable bonds is 3. The Balaban J connectivity index is 2.23. The van der Waals surface area contributed by atoms with Crippen molar-refractivity contribution in [3.05, 3.63) is 34.9 Å². The standard InChI is InChI=1S/C15H16ClF2NO3/c1-9-5-10(13(20)21)8-19(7-9)14(22)15(17,18)11-3-2-4-12(16)6-11/h2-4,6,9-10H,5,7-8H2,1H3,(H,20,21). The van der Waals surface area contributed by atoms with E-state index in [1.54, 1.807) is 6.92 Å². The molecular formula is C15H16ClF2NO3. The zero-order valence-electron chi connectivity index (χ0n) is 11.9. The number of benzene rings is 1. The minimum absolute atomic E-state index is 0.111. The fourth-order valence-corrected chi connectivity index (χ4v) is 2.89. The Kier molecular flexibility index (Phi) is 4.70. The lowest BCUT2D eigenvalue weighted by Crippen LogP contribution is -2.50. The Morgan fingerprint density at radius 1 is 1.36 bits per heavy atom. The van der Waals surface area contributed by atoms with E-state index in [0.29, 0.717) is 6.42 Å². The second kappa shape index (κ2) is 6.20. The van der Waals surface area contributed by atoms with E-state index in [1.165, 1.54) is 12.1 Å². The van der Waals surface area contributed by atoms with E-state index in [0.717, 1.165) is 17.0 Å². The number of hydrogen-bond acceptors (Lipinski definition) is 2. The lowest BCUT2D eigenvalue weighted by atomic mass is 9.90. The number of carboxylic acids is 1. The van der Waals surface area contributed by atoms with Gasteiger partial charge < -0.3 is 10.0 Å². The van der Waals surface area contributed by atoms with Crippen molar-refractivity contribution in [3.63, 3.8) is 0 Å². The van der Waals surface area contributed by atoms with E-state index in [9.17, 15) is 18.4 Å². The molecule has 22 heavy (non-hydrogen) atoms. The van der Waals surface area contributed by atoms with Gasteiger partial charge in [-0.05, 0) is 24.5 Å². The summed E-state index contributed by atoms with van der Waals surface area (Å²) in [5.74, 6) is -7.15. The number of hydrogen-bond donors (Lipinski definition) is 1. The Morgan fingerprint density at radius 3 is 2.64 bits per heavy atom. The van der Waals surface area contributed by atoms with Crippen LogP contribution >= 0.6 is 11.6 Å². The van der Waals surface area contributed by atoms with E-state index in [4.69, 9.17) is 16.7 Å². The first-order valence-electron chi connectivity index (χ1n) is 6.88. The Hall–Kier alpha value is -1.69. The molecule has 1 amide bonds. The summed E-state index contributed by atoms with van der Waals surface area (Å²) < 4.78 is 28.7. The normalized spacial score (nSPS) is 22.5. The Morgan fingerprint density at radius 2 is 2.05 bits per heavy atom. The SMILES string of the molecule is CC1CC(C(=O)O)CN(C(=O)C(F)(F)c2cccc(Cl)c2)C1. The van der Waals surface area contributed by atoms with Gasteiger partial charge in [-0.25, -0.2) is 0 Å². The Bertz CT molecular complexity index is 594. The molecule has 7 heteroatoms. The summed E-state index contributed by atoms with van der Waals surface area (Å²) in [6, 6.07) is 4.96. The van der Waals surface area contributed by atoms with Crippen molar-refractivity contribution >= 4 is 23.5 Å². The number of amides is 1. The monoisotopic (exact) mass is 331 g/mol. The maximum atomic E-state index is 14.4. The second-order valence-corrected chi connectivity index (χ2v) is 6.11. The van der Waals surface area contributed by atoms with Crippen LogP contribution in [0.15, 0.2) is 24.3 Å². The molecule has 1 aromatic rings. The Labute approximate surface area is 131 Å². The zero-order chi connectivity index (χ0) is 16.5. The van der Waals surface area contributed by atoms with E-state index in [-0.39, 0.29) is 24.0 Å². The predicted octanol–water partition coefficient (Wildman–Crippen LogP) is 3.00. The highest BCUT2D eigenvalue weighted by molar-refractivity contribution is 6.30. The molecule has 120 valence electrons. The maximum Gasteiger partial charge on any atom is 0.350 e. The molecule has 4 nitrogen and oxygen atoms in total. The van der Waals surface area contributed by atoms with Crippen molar-refractivity contribution in [3.8, 4) is 0 Å². The van der Waals surface area contributed by atoms with Gasteiger partial charge in [0.15, 0.2) is 0 Å². The van der Waals surface area contributed by atoms with Crippen LogP contribution in [-0.4, -0.2) is 35.0 Å². The highest BCUT2D eigenvalue weighted by atomic mass is 35.5. The number of aliphatic carboxylic acids is 1. The lowest BCUT2D eigenvalue weighted by Gasteiger charge is -2.36. The van der Waals surface area contributed by atoms with Gasteiger partial charge in [-0.15, -0.1) is 0 Å². The summed E-state index contributed by atoms with van der Waals surface area (Å²) in [4.78, 5) is 24.2. The third-order valence-corrected chi connectivity index (χ3v) is 3.99. The number of alkyl halides is 2. The van der Waals surface area contributed by atoms with Crippen LogP contribution in [0.1, 0.15) is 18.9 Å². The van der Waals surface area contributed by atoms with Gasteiger partial charge in [0, 0.05) is 23.7 Å². The summed E-state index contributed by atoms with van der Waals surface area (Å²) in [6.07, 6.45) is 0.377. The number of piperidine rings is 1. The minimum atomic E-state index is -3.73. The number of carbonyl (C=O) groups excluding carboxylic acids is 1. The number of likely N-dealkylation sites (tertiary alicyclic amines) is 1. The van der Waals surface area contributed by atoms with Gasteiger partial charge in [-0.1, -0.05) is 30.7 Å². The third-order valence-electron chi connectivity index (χ3n) is 3.75. The molecule has 2 rings (SSSR count). The van der Waals surface area contributed by atoms with Gasteiger partial charge in [0.05, 0.1) is 5.92 Å². The first-order chi connectivity index (χ1) is 10.2. The van der Waals surface area contributed by atoms with Crippen LogP contribution in [0.5, 0.6) is 0 Å². The molecule has 1 aliphatic rings. The molecule has 1 N–H and O–H groups in total. The molecule has 0 aromatic heterocycles. The lowest BCUT2D eigenvalue weighted by molar-refractivity contribution is -0.164. The maximum absolute atomic E-state index is 14.4. The molecule has 0 radical (unpaired) electrons. The van der Waals surface area contributed by atoms with Gasteiger partial charge in [0.1, 0.15) is 0 Å². The van der Waals surface area contributed by atoms with Crippen LogP contribution in [0, 0.1) is 11.8 Å². The van der Waals surface area contributed by atoms with Crippen molar-refractivity contribution in [1.29, 1.82) is 0 Å². The van der Waals surface area contributed by atoms with E-state index in [2.05, 4.69) is 0 Å². The van der Waals surface area contributed by atoms with Crippen LogP contribution in [-0.2, 0) is 15.5 Å². The number of nitrogens with zero attached hydrogens (tertiary/aromatic N) is 1. The topological polar surface area (TPSA) is 57.6 Å². The summed E-state index contributed by atoms with van der Waals surface area (Å²) in [5, 5.41) is 9.18. The largest absolute Gasteiger partial charge is 0.481 e. The highest BCUT2D eigenvalue weighted by Crippen LogP contribution is 2.34. The molecule has 1 saturated heterocycles. The van der Waals surface area contributed by atoms with Gasteiger partial charge in [0.2, 0.25) is 0 Å². The molecule has 0 spiro atoms. The van der Waals surface area contributed by atoms with Crippen molar-refractivity contribution < 1.29 is 23.5 Å². The molecule has 0 saturated carbocycles. The van der Waals surface area contributed by atoms with Crippen LogP contribution in [0.2, 0.25) is 5.02 Å². The van der Waals surface area contributed by atoms with Crippen molar-refractivity contribution in [2.75, 3.05) is 13.1 Å². The van der Waals surface area contributed by atoms with Crippen LogP contribution in [0.3, 0.4) is 0 Å². The highest BCUT2D eigenvalue weighted by Gasteiger charge is 2.46. The summed E-state index contributed by atoms with van der Waals surface area (Å²) in [7, 11) is 0. The summed E-state index contributed by atoms with van der Waals surface area (Å²) in [6.45, 7) is 1.67. The van der Waals surface area contributed by atoms with Gasteiger partial charge in [-0.3, -0.25) is 9.59 Å². The van der Waals surface area contributed by atoms with Gasteiger partial charge >= 0.3 is 11.9 Å². The van der Waals surface area contributed by atoms with E-state index < -0.39 is 29.3 Å². The van der Waals surface area contributed by atoms with Crippen molar-refractivity contribution in [2.24, 2.45) is 11.8 Å². The van der Waals surface area contributed by atoms with E-state index >= 15 is 0 Å². The third kappa shape index (κ3) is 3.38. The fraction of sp³-hybridized carbons (Fsp3) is 0.467. The molecule has 2 atom stereocenters. The molecule has 1 aromatic carbocycles. The quantitative estimate of drug-likeness (QED) is 0.926. The first-order valence-corrected chi connectivity index (χ1v) is 7.25. The number of carboxylic acid groups (broad SMARTS) is 1. The number of halogens is 3. The van der Waals surface area contributed by atoms with Crippen LogP contribution in [0.4, 0.5) is 8.78 Å². The molecule has 0 bridgehead atoms. The molecule has 1 heterocycles. The summed E-state index contributed by atoms with van der Waals surface area (Å²) in [5.41, 5.74) is -0.491. The molecule has 0 aliphatic carbocycles. The average Bonchev–Trinajstić information content (AvgIpc) is 2.45. The molecular weight excluding hydrogens is 316 g/mol. The predicted molar refractivity (Wildman–Crippen MR) is 76.8 cm³/mol. The minimum Gasteiger partial charge on any atom is -0.481 e. The van der Waals surface area contributed by atoms with Crippen LogP contribution in [0.25, 0.3) is 0 Å². The van der Waals surface area contributed by atoms with Gasteiger partial charge in [-0.2, -0.15) is 8.78 Å². The first kappa shape index (κ1) is 16.7. The van der Waals surface area contributed by atoms with Gasteiger partial charge in [0.25, 0.3) is 5.91 Å².